The van der Waals surface area contributed by atoms with Gasteiger partial charge in [-0.2, -0.15) is 0 Å². The van der Waals surface area contributed by atoms with E-state index < -0.39 is 5.91 Å². The van der Waals surface area contributed by atoms with Crippen LogP contribution in [0.15, 0.2) is 54.7 Å². The van der Waals surface area contributed by atoms with Gasteiger partial charge >= 0.3 is 0 Å². The van der Waals surface area contributed by atoms with Gasteiger partial charge < -0.3 is 21.6 Å². The number of amides is 1. The van der Waals surface area contributed by atoms with Crippen molar-refractivity contribution in [3.63, 3.8) is 0 Å². The number of nitrogens with zero attached hydrogens (tertiary/aromatic N) is 2. The molecular weight excluding hydrogens is 426 g/mol. The van der Waals surface area contributed by atoms with E-state index in [4.69, 9.17) is 23.1 Å². The van der Waals surface area contributed by atoms with E-state index in [0.717, 1.165) is 5.56 Å². The van der Waals surface area contributed by atoms with E-state index >= 15 is 0 Å². The predicted octanol–water partition coefficient (Wildman–Crippen LogP) is 3.89. The van der Waals surface area contributed by atoms with Crippen molar-refractivity contribution in [1.29, 1.82) is 0 Å². The molecule has 0 spiro atoms. The fourth-order valence-electron chi connectivity index (χ4n) is 3.36. The number of aryl methyl sites for hydroxylation is 1. The minimum absolute atomic E-state index is 0.0742. The summed E-state index contributed by atoms with van der Waals surface area (Å²) in [5.74, 6) is 5.49. The molecule has 0 bridgehead atoms. The van der Waals surface area contributed by atoms with Crippen molar-refractivity contribution in [1.82, 2.24) is 15.0 Å². The number of nitrogens with two attached hydrogens (primary N) is 2. The summed E-state index contributed by atoms with van der Waals surface area (Å²) in [6.45, 7) is 1.90. The van der Waals surface area contributed by atoms with E-state index in [1.807, 2.05) is 13.0 Å². The number of hydrogen-bond donors (Lipinski definition) is 4. The summed E-state index contributed by atoms with van der Waals surface area (Å²) in [6.07, 6.45) is 1.51. The molecule has 4 rings (SSSR count). The molecule has 6 N–H and O–H groups in total. The van der Waals surface area contributed by atoms with Crippen LogP contribution in [-0.4, -0.2) is 26.0 Å². The molecular formula is C24H18ClN5O2. The molecule has 2 heterocycles. The van der Waals surface area contributed by atoms with E-state index in [9.17, 15) is 9.90 Å². The van der Waals surface area contributed by atoms with Crippen LogP contribution in [0, 0.1) is 18.8 Å². The molecule has 0 radical (unpaired) electrons. The number of hydrogen-bond acceptors (Lipinski definition) is 5. The fourth-order valence-corrected chi connectivity index (χ4v) is 3.53. The molecule has 32 heavy (non-hydrogen) atoms. The molecule has 0 saturated carbocycles. The fraction of sp³-hybridized carbons (Fsp3) is 0.0417. The van der Waals surface area contributed by atoms with Gasteiger partial charge in [0.05, 0.1) is 28.2 Å². The van der Waals surface area contributed by atoms with Gasteiger partial charge in [-0.05, 0) is 48.9 Å². The van der Waals surface area contributed by atoms with Crippen molar-refractivity contribution in [3.05, 3.63) is 82.0 Å². The number of phenols is 1. The van der Waals surface area contributed by atoms with Crippen LogP contribution in [0.25, 0.3) is 22.6 Å². The van der Waals surface area contributed by atoms with Crippen LogP contribution in [0.2, 0.25) is 5.02 Å². The van der Waals surface area contributed by atoms with Crippen molar-refractivity contribution in [2.75, 3.05) is 5.73 Å². The Morgan fingerprint density at radius 1 is 1.12 bits per heavy atom. The maximum Gasteiger partial charge on any atom is 0.252 e. The van der Waals surface area contributed by atoms with Crippen molar-refractivity contribution in [3.8, 4) is 40.2 Å². The number of nitrogens with one attached hydrogen (secondary N) is 1. The monoisotopic (exact) mass is 443 g/mol. The summed E-state index contributed by atoms with van der Waals surface area (Å²) >= 11 is 6.22. The summed E-state index contributed by atoms with van der Waals surface area (Å²) < 4.78 is 0. The third-order valence-corrected chi connectivity index (χ3v) is 5.06. The highest BCUT2D eigenvalue weighted by molar-refractivity contribution is 6.31. The molecule has 2 aromatic heterocycles. The Kier molecular flexibility index (Phi) is 5.54. The largest absolute Gasteiger partial charge is 0.508 e. The minimum atomic E-state index is -0.663. The quantitative estimate of drug-likeness (QED) is 0.357. The maximum absolute atomic E-state index is 12.6. The molecule has 0 aliphatic heterocycles. The molecule has 0 fully saturated rings. The molecule has 4 aromatic rings. The SMILES string of the molecule is Cc1ccc(Cl)cc1-c1[nH]c(-c2ccnc(N)n2)c(C#Cc2cccc(O)c2)c1C(N)=O. The lowest BCUT2D eigenvalue weighted by molar-refractivity contribution is 0.100. The third-order valence-electron chi connectivity index (χ3n) is 4.82. The first kappa shape index (κ1) is 21.0. The number of carbonyl (C=O) groups excluding carboxylic acids is 1. The summed E-state index contributed by atoms with van der Waals surface area (Å²) in [4.78, 5) is 24.0. The average molecular weight is 444 g/mol. The number of anilines is 1. The molecule has 0 saturated heterocycles. The van der Waals surface area contributed by atoms with Crippen molar-refractivity contribution in [2.45, 2.75) is 6.92 Å². The lowest BCUT2D eigenvalue weighted by Gasteiger charge is -2.06. The first-order valence-electron chi connectivity index (χ1n) is 9.55. The lowest BCUT2D eigenvalue weighted by atomic mass is 9.99. The summed E-state index contributed by atoms with van der Waals surface area (Å²) in [6, 6.07) is 13.5. The number of halogens is 1. The Morgan fingerprint density at radius 3 is 2.66 bits per heavy atom. The smallest absolute Gasteiger partial charge is 0.252 e. The van der Waals surface area contributed by atoms with Crippen molar-refractivity contribution >= 4 is 23.5 Å². The van der Waals surface area contributed by atoms with Gasteiger partial charge in [0.15, 0.2) is 0 Å². The highest BCUT2D eigenvalue weighted by atomic mass is 35.5. The first-order chi connectivity index (χ1) is 15.3. The van der Waals surface area contributed by atoms with Gasteiger partial charge in [-0.15, -0.1) is 0 Å². The third kappa shape index (κ3) is 4.13. The number of benzene rings is 2. The zero-order valence-corrected chi connectivity index (χ0v) is 17.7. The molecule has 8 heteroatoms. The molecule has 2 aromatic carbocycles. The number of carbonyl (C=O) groups is 1. The first-order valence-corrected chi connectivity index (χ1v) is 9.93. The summed E-state index contributed by atoms with van der Waals surface area (Å²) in [7, 11) is 0. The van der Waals surface area contributed by atoms with Crippen molar-refractivity contribution < 1.29 is 9.90 Å². The molecule has 0 aliphatic rings. The second-order valence-electron chi connectivity index (χ2n) is 7.05. The van der Waals surface area contributed by atoms with Crippen LogP contribution in [0.3, 0.4) is 0 Å². The number of H-pyrrole nitrogens is 1. The summed E-state index contributed by atoms with van der Waals surface area (Å²) in [5.41, 5.74) is 15.7. The van der Waals surface area contributed by atoms with E-state index in [0.29, 0.717) is 38.8 Å². The predicted molar refractivity (Wildman–Crippen MR) is 124 cm³/mol. The van der Waals surface area contributed by atoms with E-state index in [1.165, 1.54) is 12.3 Å². The second kappa shape index (κ2) is 8.46. The topological polar surface area (TPSA) is 131 Å². The van der Waals surface area contributed by atoms with Crippen LogP contribution in [-0.2, 0) is 0 Å². The number of phenolic OH excluding ortho intramolecular Hbond substituents is 1. The van der Waals surface area contributed by atoms with Crippen LogP contribution < -0.4 is 11.5 Å². The Balaban J connectivity index is 2.03. The Hall–Kier alpha value is -4.28. The maximum atomic E-state index is 12.6. The van der Waals surface area contributed by atoms with Crippen LogP contribution in [0.5, 0.6) is 5.75 Å². The van der Waals surface area contributed by atoms with E-state index in [2.05, 4.69) is 26.8 Å². The van der Waals surface area contributed by atoms with Crippen LogP contribution >= 0.6 is 11.6 Å². The van der Waals surface area contributed by atoms with Crippen molar-refractivity contribution in [2.24, 2.45) is 5.73 Å². The molecule has 1 amide bonds. The molecule has 0 atom stereocenters. The van der Waals surface area contributed by atoms with E-state index in [1.54, 1.807) is 36.4 Å². The number of rotatable bonds is 3. The second-order valence-corrected chi connectivity index (χ2v) is 7.49. The van der Waals surface area contributed by atoms with Gasteiger partial charge in [-0.25, -0.2) is 9.97 Å². The standard InChI is InChI=1S/C24H18ClN5O2/c1-13-5-7-15(25)12-18(13)22-20(23(26)32)17(8-6-14-3-2-4-16(31)11-14)21(30-22)19-9-10-28-24(27)29-19/h2-5,7,9-12,30-31H,1H3,(H2,26,32)(H2,27,28,29). The molecule has 0 unspecified atom stereocenters. The molecule has 7 nitrogen and oxygen atoms in total. The van der Waals surface area contributed by atoms with Crippen LogP contribution in [0.1, 0.15) is 27.0 Å². The van der Waals surface area contributed by atoms with Gasteiger partial charge in [0.2, 0.25) is 5.95 Å². The zero-order valence-electron chi connectivity index (χ0n) is 17.0. The van der Waals surface area contributed by atoms with Crippen LogP contribution in [0.4, 0.5) is 5.95 Å². The van der Waals surface area contributed by atoms with Gasteiger partial charge in [-0.1, -0.05) is 35.6 Å². The Morgan fingerprint density at radius 2 is 1.94 bits per heavy atom. The minimum Gasteiger partial charge on any atom is -0.508 e. The van der Waals surface area contributed by atoms with E-state index in [-0.39, 0.29) is 17.3 Å². The highest BCUT2D eigenvalue weighted by Gasteiger charge is 2.24. The number of aromatic amines is 1. The highest BCUT2D eigenvalue weighted by Crippen LogP contribution is 2.35. The average Bonchev–Trinajstić information content (AvgIpc) is 3.13. The number of aromatic nitrogens is 3. The summed E-state index contributed by atoms with van der Waals surface area (Å²) in [5, 5.41) is 10.2. The number of aromatic hydroxyl groups is 1. The Labute approximate surface area is 189 Å². The lowest BCUT2D eigenvalue weighted by Crippen LogP contribution is -2.13. The number of nitrogen functional groups attached to an aromatic ring is 1. The Bertz CT molecular complexity index is 1420. The van der Waals surface area contributed by atoms with Gasteiger partial charge in [-0.3, -0.25) is 4.79 Å². The van der Waals surface area contributed by atoms with Gasteiger partial charge in [0, 0.05) is 22.3 Å². The molecule has 0 aliphatic carbocycles. The van der Waals surface area contributed by atoms with Gasteiger partial charge in [0.1, 0.15) is 5.75 Å². The normalized spacial score (nSPS) is 10.4. The zero-order chi connectivity index (χ0) is 22.8. The number of primary amides is 1. The molecule has 158 valence electrons. The van der Waals surface area contributed by atoms with Gasteiger partial charge in [0.25, 0.3) is 5.91 Å².